The molecule has 3 heterocycles. The van der Waals surface area contributed by atoms with Crippen molar-refractivity contribution in [2.45, 2.75) is 19.5 Å². The van der Waals surface area contributed by atoms with Gasteiger partial charge in [0.05, 0.1) is 36.8 Å². The molecule has 0 saturated heterocycles. The van der Waals surface area contributed by atoms with Crippen molar-refractivity contribution < 1.29 is 14.3 Å². The first-order valence-corrected chi connectivity index (χ1v) is 8.03. The third-order valence-corrected chi connectivity index (χ3v) is 4.31. The number of hydrogen-bond donors (Lipinski definition) is 2. The van der Waals surface area contributed by atoms with Crippen LogP contribution in [0.3, 0.4) is 0 Å². The average Bonchev–Trinajstić information content (AvgIpc) is 3.20. The monoisotopic (exact) mass is 332 g/mol. The number of carbonyl (C=O) groups is 2. The number of ether oxygens (including phenoxy) is 1. The molecular formula is C15H16N4O3S. The Morgan fingerprint density at radius 2 is 2.39 bits per heavy atom. The second-order valence-electron chi connectivity index (χ2n) is 4.89. The highest BCUT2D eigenvalue weighted by Crippen LogP contribution is 2.31. The topological polar surface area (TPSA) is 85.2 Å². The zero-order chi connectivity index (χ0) is 16.2. The van der Waals surface area contributed by atoms with Gasteiger partial charge in [-0.2, -0.15) is 0 Å². The summed E-state index contributed by atoms with van der Waals surface area (Å²) in [7, 11) is 0. The zero-order valence-corrected chi connectivity index (χ0v) is 13.3. The van der Waals surface area contributed by atoms with Gasteiger partial charge in [-0.3, -0.25) is 0 Å². The van der Waals surface area contributed by atoms with Gasteiger partial charge >= 0.3 is 12.0 Å². The number of thiophene rings is 1. The van der Waals surface area contributed by atoms with Gasteiger partial charge in [0.15, 0.2) is 0 Å². The molecule has 2 aromatic rings. The normalized spacial score (nSPS) is 17.6. The van der Waals surface area contributed by atoms with E-state index in [1.54, 1.807) is 30.2 Å². The Kier molecular flexibility index (Phi) is 4.42. The van der Waals surface area contributed by atoms with Crippen molar-refractivity contribution in [1.29, 1.82) is 0 Å². The lowest BCUT2D eigenvalue weighted by atomic mass is 10.0. The molecule has 2 amide bonds. The summed E-state index contributed by atoms with van der Waals surface area (Å²) < 4.78 is 6.97. The van der Waals surface area contributed by atoms with E-state index in [-0.39, 0.29) is 12.6 Å². The molecular weight excluding hydrogens is 316 g/mol. The van der Waals surface area contributed by atoms with Crippen molar-refractivity contribution in [2.75, 3.05) is 6.61 Å². The van der Waals surface area contributed by atoms with Crippen molar-refractivity contribution in [2.24, 2.45) is 0 Å². The number of esters is 1. The van der Waals surface area contributed by atoms with Crippen molar-refractivity contribution in [3.63, 3.8) is 0 Å². The Bertz CT molecular complexity index is 722. The van der Waals surface area contributed by atoms with Crippen LogP contribution in [-0.4, -0.2) is 28.2 Å². The van der Waals surface area contributed by atoms with Crippen LogP contribution in [0.5, 0.6) is 0 Å². The lowest BCUT2D eigenvalue weighted by molar-refractivity contribution is -0.139. The number of aromatic nitrogens is 2. The van der Waals surface area contributed by atoms with E-state index in [1.807, 2.05) is 17.5 Å². The van der Waals surface area contributed by atoms with E-state index in [0.717, 1.165) is 4.88 Å². The fourth-order valence-electron chi connectivity index (χ4n) is 2.42. The minimum Gasteiger partial charge on any atom is -0.463 e. The smallest absolute Gasteiger partial charge is 0.338 e. The largest absolute Gasteiger partial charge is 0.463 e. The quantitative estimate of drug-likeness (QED) is 0.818. The molecule has 0 aliphatic carbocycles. The van der Waals surface area contributed by atoms with Crippen LogP contribution in [0.25, 0.3) is 0 Å². The highest BCUT2D eigenvalue weighted by molar-refractivity contribution is 7.10. The summed E-state index contributed by atoms with van der Waals surface area (Å²) in [5.74, 6) is -0.437. The van der Waals surface area contributed by atoms with Crippen LogP contribution >= 0.6 is 11.3 Å². The maximum absolute atomic E-state index is 12.5. The third-order valence-electron chi connectivity index (χ3n) is 3.38. The minimum atomic E-state index is -0.513. The van der Waals surface area contributed by atoms with Crippen molar-refractivity contribution in [3.05, 3.63) is 52.4 Å². The van der Waals surface area contributed by atoms with E-state index < -0.39 is 12.0 Å². The molecule has 0 spiro atoms. The molecule has 2 aromatic heterocycles. The fourth-order valence-corrected chi connectivity index (χ4v) is 3.21. The number of allylic oxidation sites excluding steroid dienone is 1. The molecule has 7 nitrogen and oxygen atoms in total. The van der Waals surface area contributed by atoms with Gasteiger partial charge in [-0.05, 0) is 18.4 Å². The molecule has 1 aliphatic rings. The Morgan fingerprint density at radius 1 is 1.52 bits per heavy atom. The SMILES string of the molecule is CCOC(=O)C1=C(Cn2ccnc2)NC(=O)N[C@H]1c1cccs1. The number of urea groups is 1. The molecule has 1 atom stereocenters. The summed E-state index contributed by atoms with van der Waals surface area (Å²) in [5, 5.41) is 7.42. The maximum Gasteiger partial charge on any atom is 0.338 e. The summed E-state index contributed by atoms with van der Waals surface area (Å²) in [6.45, 7) is 2.36. The van der Waals surface area contributed by atoms with Crippen molar-refractivity contribution >= 4 is 23.3 Å². The van der Waals surface area contributed by atoms with E-state index >= 15 is 0 Å². The number of hydrogen-bond acceptors (Lipinski definition) is 5. The Hall–Kier alpha value is -2.61. The second kappa shape index (κ2) is 6.66. The van der Waals surface area contributed by atoms with E-state index in [0.29, 0.717) is 17.8 Å². The van der Waals surface area contributed by atoms with Gasteiger partial charge in [-0.1, -0.05) is 6.07 Å². The molecule has 0 unspecified atom stereocenters. The van der Waals surface area contributed by atoms with Crippen LogP contribution in [-0.2, 0) is 16.1 Å². The number of imidazole rings is 1. The van der Waals surface area contributed by atoms with Crippen molar-refractivity contribution in [1.82, 2.24) is 20.2 Å². The van der Waals surface area contributed by atoms with Gasteiger partial charge in [0.1, 0.15) is 0 Å². The molecule has 120 valence electrons. The van der Waals surface area contributed by atoms with Gasteiger partial charge in [0.2, 0.25) is 0 Å². The first-order valence-electron chi connectivity index (χ1n) is 7.16. The zero-order valence-electron chi connectivity index (χ0n) is 12.5. The summed E-state index contributed by atoms with van der Waals surface area (Å²) in [5.41, 5.74) is 0.936. The highest BCUT2D eigenvalue weighted by atomic mass is 32.1. The number of nitrogens with one attached hydrogen (secondary N) is 2. The third kappa shape index (κ3) is 3.26. The molecule has 23 heavy (non-hydrogen) atoms. The van der Waals surface area contributed by atoms with Crippen molar-refractivity contribution in [3.8, 4) is 0 Å². The first kappa shape index (κ1) is 15.3. The molecule has 0 saturated carbocycles. The molecule has 8 heteroatoms. The number of amides is 2. The number of rotatable bonds is 5. The van der Waals surface area contributed by atoms with Crippen LogP contribution in [0.1, 0.15) is 17.8 Å². The van der Waals surface area contributed by atoms with Crippen LogP contribution < -0.4 is 10.6 Å². The molecule has 0 bridgehead atoms. The van der Waals surface area contributed by atoms with Gasteiger partial charge in [0.25, 0.3) is 0 Å². The summed E-state index contributed by atoms with van der Waals surface area (Å²) >= 11 is 1.48. The summed E-state index contributed by atoms with van der Waals surface area (Å²) in [6.07, 6.45) is 5.04. The van der Waals surface area contributed by atoms with Gasteiger partial charge in [0, 0.05) is 17.3 Å². The Balaban J connectivity index is 2.03. The predicted molar refractivity (Wildman–Crippen MR) is 84.6 cm³/mol. The van der Waals surface area contributed by atoms with E-state index in [2.05, 4.69) is 15.6 Å². The van der Waals surface area contributed by atoms with E-state index in [9.17, 15) is 9.59 Å². The Labute approximate surface area is 137 Å². The molecule has 1 aliphatic heterocycles. The van der Waals surface area contributed by atoms with Gasteiger partial charge in [-0.25, -0.2) is 14.6 Å². The first-order chi connectivity index (χ1) is 11.2. The van der Waals surface area contributed by atoms with Crippen LogP contribution in [0.15, 0.2) is 47.5 Å². The molecule has 2 N–H and O–H groups in total. The molecule has 3 rings (SSSR count). The minimum absolute atomic E-state index is 0.270. The van der Waals surface area contributed by atoms with Crippen LogP contribution in [0.2, 0.25) is 0 Å². The molecule has 0 radical (unpaired) electrons. The standard InChI is InChI=1S/C15H16N4O3S/c1-2-22-14(20)12-10(8-19-6-5-16-9-19)17-15(21)18-13(12)11-4-3-7-23-11/h3-7,9,13H,2,8H2,1H3,(H2,17,18,21)/t13-/m0/s1. The maximum atomic E-state index is 12.5. The summed E-state index contributed by atoms with van der Waals surface area (Å²) in [6, 6.07) is 2.91. The molecule has 0 fully saturated rings. The van der Waals surface area contributed by atoms with Crippen LogP contribution in [0, 0.1) is 0 Å². The van der Waals surface area contributed by atoms with Gasteiger partial charge in [-0.15, -0.1) is 11.3 Å². The second-order valence-corrected chi connectivity index (χ2v) is 5.87. The number of carbonyl (C=O) groups excluding carboxylic acids is 2. The predicted octanol–water partition coefficient (Wildman–Crippen LogP) is 1.82. The van der Waals surface area contributed by atoms with E-state index in [1.165, 1.54) is 11.3 Å². The fraction of sp³-hybridized carbons (Fsp3) is 0.267. The van der Waals surface area contributed by atoms with E-state index in [4.69, 9.17) is 4.74 Å². The lowest BCUT2D eigenvalue weighted by Crippen LogP contribution is -2.46. The van der Waals surface area contributed by atoms with Gasteiger partial charge < -0.3 is 19.9 Å². The average molecular weight is 332 g/mol. The molecule has 0 aromatic carbocycles. The Morgan fingerprint density at radius 3 is 3.04 bits per heavy atom. The summed E-state index contributed by atoms with van der Waals surface area (Å²) in [4.78, 5) is 29.3. The van der Waals surface area contributed by atoms with Crippen LogP contribution in [0.4, 0.5) is 4.79 Å². The lowest BCUT2D eigenvalue weighted by Gasteiger charge is -2.28. The number of nitrogens with zero attached hydrogens (tertiary/aromatic N) is 2. The highest BCUT2D eigenvalue weighted by Gasteiger charge is 2.34.